The summed E-state index contributed by atoms with van der Waals surface area (Å²) in [6, 6.07) is 1.03. The fourth-order valence-corrected chi connectivity index (χ4v) is 1.97. The van der Waals surface area contributed by atoms with Gasteiger partial charge in [-0.1, -0.05) is 11.6 Å². The number of hydrogen-bond acceptors (Lipinski definition) is 7. The van der Waals surface area contributed by atoms with Gasteiger partial charge in [0, 0.05) is 17.3 Å². The van der Waals surface area contributed by atoms with Crippen molar-refractivity contribution in [1.82, 2.24) is 4.98 Å². The van der Waals surface area contributed by atoms with Crippen LogP contribution in [0.15, 0.2) is 6.07 Å². The number of nitrogens with zero attached hydrogens (tertiary/aromatic N) is 2. The quantitative estimate of drug-likeness (QED) is 0.350. The summed E-state index contributed by atoms with van der Waals surface area (Å²) in [6.07, 6.45) is -3.42. The van der Waals surface area contributed by atoms with Crippen LogP contribution in [0, 0.1) is 17.0 Å². The first-order valence-corrected chi connectivity index (χ1v) is 6.48. The molecule has 2 unspecified atom stereocenters. The Labute approximate surface area is 125 Å². The predicted octanol–water partition coefficient (Wildman–Crippen LogP) is 1.30. The Morgan fingerprint density at radius 3 is 2.71 bits per heavy atom. The first-order chi connectivity index (χ1) is 9.77. The van der Waals surface area contributed by atoms with Gasteiger partial charge in [-0.25, -0.2) is 4.98 Å². The Balaban J connectivity index is 3.01. The Hall–Kier alpha value is -1.77. The SMILES string of the molecule is CCOC(=O)CC(O)C(O)c1cc([N+](=O)[O-])c(Cl)nc1C. The number of aliphatic hydroxyl groups is 2. The number of aromatic nitrogens is 1. The molecule has 0 aliphatic rings. The number of pyridine rings is 1. The molecular weight excluding hydrogens is 304 g/mol. The summed E-state index contributed by atoms with van der Waals surface area (Å²) in [5.74, 6) is -0.682. The first-order valence-electron chi connectivity index (χ1n) is 6.11. The second-order valence-electron chi connectivity index (χ2n) is 4.25. The Bertz CT molecular complexity index is 551. The molecular formula is C12H15ClN2O6. The van der Waals surface area contributed by atoms with Gasteiger partial charge in [0.05, 0.1) is 24.1 Å². The molecule has 1 heterocycles. The summed E-state index contributed by atoms with van der Waals surface area (Å²) in [4.78, 5) is 25.1. The van der Waals surface area contributed by atoms with Crippen LogP contribution < -0.4 is 0 Å². The fraction of sp³-hybridized carbons (Fsp3) is 0.500. The van der Waals surface area contributed by atoms with Crippen LogP contribution in [0.4, 0.5) is 5.69 Å². The number of ether oxygens (including phenoxy) is 1. The van der Waals surface area contributed by atoms with Crippen molar-refractivity contribution in [3.05, 3.63) is 32.6 Å². The molecule has 0 fully saturated rings. The molecule has 1 rings (SSSR count). The van der Waals surface area contributed by atoms with Gasteiger partial charge in [0.25, 0.3) is 0 Å². The zero-order valence-electron chi connectivity index (χ0n) is 11.4. The van der Waals surface area contributed by atoms with Crippen LogP contribution in [-0.2, 0) is 9.53 Å². The summed E-state index contributed by atoms with van der Waals surface area (Å²) >= 11 is 5.64. The van der Waals surface area contributed by atoms with E-state index in [9.17, 15) is 25.1 Å². The van der Waals surface area contributed by atoms with Crippen molar-refractivity contribution in [2.45, 2.75) is 32.5 Å². The van der Waals surface area contributed by atoms with Crippen LogP contribution in [0.3, 0.4) is 0 Å². The number of hydrogen-bond donors (Lipinski definition) is 2. The van der Waals surface area contributed by atoms with Gasteiger partial charge < -0.3 is 14.9 Å². The minimum atomic E-state index is -1.52. The van der Waals surface area contributed by atoms with Crippen molar-refractivity contribution in [3.63, 3.8) is 0 Å². The fourth-order valence-electron chi connectivity index (χ4n) is 1.72. The molecule has 116 valence electrons. The monoisotopic (exact) mass is 318 g/mol. The number of carbonyl (C=O) groups excluding carboxylic acids is 1. The molecule has 1 aromatic heterocycles. The van der Waals surface area contributed by atoms with E-state index in [0.717, 1.165) is 6.07 Å². The summed E-state index contributed by atoms with van der Waals surface area (Å²) in [5, 5.41) is 30.3. The molecule has 8 nitrogen and oxygen atoms in total. The Kier molecular flexibility index (Phi) is 6.01. The molecule has 0 aromatic carbocycles. The lowest BCUT2D eigenvalue weighted by atomic mass is 10.0. The second-order valence-corrected chi connectivity index (χ2v) is 4.61. The van der Waals surface area contributed by atoms with Crippen molar-refractivity contribution in [3.8, 4) is 0 Å². The molecule has 9 heteroatoms. The zero-order chi connectivity index (χ0) is 16.2. The van der Waals surface area contributed by atoms with Crippen molar-refractivity contribution >= 4 is 23.3 Å². The van der Waals surface area contributed by atoms with E-state index >= 15 is 0 Å². The number of aryl methyl sites for hydroxylation is 1. The van der Waals surface area contributed by atoms with E-state index in [4.69, 9.17) is 11.6 Å². The molecule has 2 atom stereocenters. The number of esters is 1. The van der Waals surface area contributed by atoms with Crippen LogP contribution in [0.2, 0.25) is 5.15 Å². The normalized spacial score (nSPS) is 13.6. The maximum absolute atomic E-state index is 11.3. The van der Waals surface area contributed by atoms with Crippen LogP contribution in [-0.4, -0.2) is 38.8 Å². The topological polar surface area (TPSA) is 123 Å². The van der Waals surface area contributed by atoms with Gasteiger partial charge in [0.2, 0.25) is 5.15 Å². The minimum absolute atomic E-state index is 0.0305. The molecule has 0 bridgehead atoms. The van der Waals surface area contributed by atoms with E-state index in [-0.39, 0.29) is 23.0 Å². The van der Waals surface area contributed by atoms with Crippen molar-refractivity contribution in [2.75, 3.05) is 6.61 Å². The Morgan fingerprint density at radius 1 is 1.57 bits per heavy atom. The second kappa shape index (κ2) is 7.30. The zero-order valence-corrected chi connectivity index (χ0v) is 12.2. The summed E-state index contributed by atoms with van der Waals surface area (Å²) in [6.45, 7) is 3.23. The van der Waals surface area contributed by atoms with Crippen LogP contribution in [0.5, 0.6) is 0 Å². The van der Waals surface area contributed by atoms with Crippen molar-refractivity contribution in [1.29, 1.82) is 0 Å². The minimum Gasteiger partial charge on any atom is -0.466 e. The average molecular weight is 319 g/mol. The summed E-state index contributed by atoms with van der Waals surface area (Å²) in [7, 11) is 0. The predicted molar refractivity (Wildman–Crippen MR) is 72.9 cm³/mol. The first kappa shape index (κ1) is 17.3. The number of halogens is 1. The van der Waals surface area contributed by atoms with Gasteiger partial charge in [-0.2, -0.15) is 0 Å². The van der Waals surface area contributed by atoms with Gasteiger partial charge >= 0.3 is 11.7 Å². The van der Waals surface area contributed by atoms with Crippen molar-refractivity contribution in [2.24, 2.45) is 0 Å². The van der Waals surface area contributed by atoms with E-state index in [2.05, 4.69) is 9.72 Å². The molecule has 0 aliphatic heterocycles. The third-order valence-corrected chi connectivity index (χ3v) is 3.03. The van der Waals surface area contributed by atoms with E-state index in [1.54, 1.807) is 6.92 Å². The van der Waals surface area contributed by atoms with E-state index in [1.807, 2.05) is 0 Å². The molecule has 21 heavy (non-hydrogen) atoms. The maximum Gasteiger partial charge on any atom is 0.308 e. The van der Waals surface area contributed by atoms with Crippen molar-refractivity contribution < 1.29 is 24.7 Å². The highest BCUT2D eigenvalue weighted by molar-refractivity contribution is 6.31. The highest BCUT2D eigenvalue weighted by Gasteiger charge is 2.27. The number of nitro groups is 1. The number of aliphatic hydroxyl groups excluding tert-OH is 2. The van der Waals surface area contributed by atoms with Crippen LogP contribution in [0.1, 0.15) is 30.7 Å². The van der Waals surface area contributed by atoms with Crippen LogP contribution in [0.25, 0.3) is 0 Å². The summed E-state index contributed by atoms with van der Waals surface area (Å²) < 4.78 is 4.65. The largest absolute Gasteiger partial charge is 0.466 e. The van der Waals surface area contributed by atoms with E-state index < -0.39 is 35.2 Å². The lowest BCUT2D eigenvalue weighted by Crippen LogP contribution is -2.24. The standard InChI is InChI=1S/C12H15ClN2O6/c1-3-21-10(17)5-9(16)11(18)7-4-8(15(19)20)12(13)14-6(7)2/h4,9,11,16,18H,3,5H2,1-2H3. The molecule has 0 spiro atoms. The maximum atomic E-state index is 11.3. The molecule has 0 aliphatic carbocycles. The van der Waals surface area contributed by atoms with Gasteiger partial charge in [0.1, 0.15) is 6.10 Å². The average Bonchev–Trinajstić information content (AvgIpc) is 2.37. The molecule has 1 aromatic rings. The van der Waals surface area contributed by atoms with Crippen LogP contribution >= 0.6 is 11.6 Å². The van der Waals surface area contributed by atoms with E-state index in [0.29, 0.717) is 0 Å². The Morgan fingerprint density at radius 2 is 2.19 bits per heavy atom. The molecule has 0 radical (unpaired) electrons. The summed E-state index contributed by atoms with van der Waals surface area (Å²) in [5.41, 5.74) is -0.233. The van der Waals surface area contributed by atoms with Gasteiger partial charge in [-0.15, -0.1) is 0 Å². The lowest BCUT2D eigenvalue weighted by Gasteiger charge is -2.18. The molecule has 2 N–H and O–H groups in total. The van der Waals surface area contributed by atoms with E-state index in [1.165, 1.54) is 6.92 Å². The highest BCUT2D eigenvalue weighted by atomic mass is 35.5. The third-order valence-electron chi connectivity index (χ3n) is 2.75. The van der Waals surface area contributed by atoms with Gasteiger partial charge in [0.15, 0.2) is 0 Å². The lowest BCUT2D eigenvalue weighted by molar-refractivity contribution is -0.385. The van der Waals surface area contributed by atoms with Gasteiger partial charge in [-0.05, 0) is 13.8 Å². The van der Waals surface area contributed by atoms with Gasteiger partial charge in [-0.3, -0.25) is 14.9 Å². The molecule has 0 saturated carbocycles. The number of carbonyl (C=O) groups is 1. The third kappa shape index (κ3) is 4.35. The molecule has 0 saturated heterocycles. The molecule has 0 amide bonds. The smallest absolute Gasteiger partial charge is 0.308 e. The number of rotatable bonds is 6. The highest BCUT2D eigenvalue weighted by Crippen LogP contribution is 2.30.